The van der Waals surface area contributed by atoms with Gasteiger partial charge < -0.3 is 15.2 Å². The summed E-state index contributed by atoms with van der Waals surface area (Å²) in [6, 6.07) is 0. The molecule has 0 aromatic carbocycles. The molecule has 1 aromatic heterocycles. The summed E-state index contributed by atoms with van der Waals surface area (Å²) >= 11 is 0. The number of rotatable bonds is 1. The van der Waals surface area contributed by atoms with E-state index in [0.29, 0.717) is 0 Å². The van der Waals surface area contributed by atoms with Gasteiger partial charge >= 0.3 is 0 Å². The van der Waals surface area contributed by atoms with E-state index in [0.717, 1.165) is 26.1 Å². The predicted molar refractivity (Wildman–Crippen MR) is 58.7 cm³/mol. The minimum atomic E-state index is 0.142. The topological polar surface area (TPSA) is 44.0 Å². The number of imidazole rings is 1. The van der Waals surface area contributed by atoms with Gasteiger partial charge in [0.05, 0.1) is 17.6 Å². The van der Waals surface area contributed by atoms with Gasteiger partial charge in [-0.3, -0.25) is 0 Å². The fourth-order valence-corrected chi connectivity index (χ4v) is 2.93. The second-order valence-corrected chi connectivity index (χ2v) is 4.61. The lowest BCUT2D eigenvalue weighted by Gasteiger charge is -2.33. The number of nitrogens with zero attached hydrogens (tertiary/aromatic N) is 2. The molecule has 1 aromatic rings. The van der Waals surface area contributed by atoms with E-state index in [2.05, 4.69) is 27.1 Å². The molecule has 1 fully saturated rings. The van der Waals surface area contributed by atoms with Crippen LogP contribution in [-0.4, -0.2) is 41.0 Å². The zero-order valence-corrected chi connectivity index (χ0v) is 9.21. The van der Waals surface area contributed by atoms with Gasteiger partial charge in [-0.1, -0.05) is 6.92 Å². The van der Waals surface area contributed by atoms with Crippen molar-refractivity contribution in [3.05, 3.63) is 17.7 Å². The van der Waals surface area contributed by atoms with Crippen LogP contribution in [0.4, 0.5) is 0 Å². The summed E-state index contributed by atoms with van der Waals surface area (Å²) in [5, 5.41) is 3.68. The minimum Gasteiger partial charge on any atom is -0.348 e. The van der Waals surface area contributed by atoms with Crippen molar-refractivity contribution < 1.29 is 0 Å². The molecule has 0 radical (unpaired) electrons. The van der Waals surface area contributed by atoms with Crippen molar-refractivity contribution in [1.29, 1.82) is 0 Å². The molecule has 82 valence electrons. The average molecular weight is 206 g/mol. The maximum absolute atomic E-state index is 4.52. The van der Waals surface area contributed by atoms with Crippen LogP contribution in [0.25, 0.3) is 0 Å². The van der Waals surface area contributed by atoms with Crippen LogP contribution in [0.5, 0.6) is 0 Å². The smallest absolute Gasteiger partial charge is 0.0926 e. The van der Waals surface area contributed by atoms with Gasteiger partial charge in [0.2, 0.25) is 0 Å². The number of hydrogen-bond acceptors (Lipinski definition) is 3. The van der Waals surface area contributed by atoms with Gasteiger partial charge in [0, 0.05) is 31.7 Å². The van der Waals surface area contributed by atoms with Crippen molar-refractivity contribution in [2.45, 2.75) is 25.3 Å². The Labute approximate surface area is 90.1 Å². The van der Waals surface area contributed by atoms with Gasteiger partial charge in [0.15, 0.2) is 0 Å². The molecule has 2 aliphatic rings. The van der Waals surface area contributed by atoms with E-state index in [1.807, 2.05) is 6.33 Å². The number of fused-ring (bicyclic) bond motifs is 2. The number of nitrogens with one attached hydrogen (secondary N) is 2. The van der Waals surface area contributed by atoms with Crippen LogP contribution < -0.4 is 5.32 Å². The summed E-state index contributed by atoms with van der Waals surface area (Å²) in [6.07, 6.45) is 4.12. The first-order chi connectivity index (χ1) is 7.34. The van der Waals surface area contributed by atoms with Crippen molar-refractivity contribution in [2.75, 3.05) is 26.2 Å². The summed E-state index contributed by atoms with van der Waals surface area (Å²) in [5.74, 6) is 0. The first-order valence-corrected chi connectivity index (χ1v) is 5.84. The lowest BCUT2D eigenvalue weighted by molar-refractivity contribution is 0.277. The van der Waals surface area contributed by atoms with E-state index < -0.39 is 0 Å². The highest BCUT2D eigenvalue weighted by Gasteiger charge is 2.43. The van der Waals surface area contributed by atoms with Gasteiger partial charge in [-0.05, 0) is 13.0 Å². The van der Waals surface area contributed by atoms with Gasteiger partial charge in [0.1, 0.15) is 0 Å². The molecule has 0 amide bonds. The van der Waals surface area contributed by atoms with Crippen molar-refractivity contribution >= 4 is 0 Å². The maximum Gasteiger partial charge on any atom is 0.0926 e. The molecule has 0 saturated carbocycles. The van der Waals surface area contributed by atoms with Crippen LogP contribution in [0, 0.1) is 0 Å². The molecule has 2 N–H and O–H groups in total. The summed E-state index contributed by atoms with van der Waals surface area (Å²) < 4.78 is 0. The van der Waals surface area contributed by atoms with Crippen LogP contribution in [0.15, 0.2) is 6.33 Å². The van der Waals surface area contributed by atoms with Crippen molar-refractivity contribution in [1.82, 2.24) is 20.2 Å². The molecular formula is C11H18N4. The summed E-state index contributed by atoms with van der Waals surface area (Å²) in [4.78, 5) is 10.3. The third-order valence-corrected chi connectivity index (χ3v) is 3.81. The average Bonchev–Trinajstić information content (AvgIpc) is 2.86. The van der Waals surface area contributed by atoms with Crippen LogP contribution in [0.2, 0.25) is 0 Å². The number of H-pyrrole nitrogens is 1. The van der Waals surface area contributed by atoms with Gasteiger partial charge in [0.25, 0.3) is 0 Å². The van der Waals surface area contributed by atoms with Gasteiger partial charge in [-0.2, -0.15) is 0 Å². The lowest BCUT2D eigenvalue weighted by atomic mass is 9.89. The number of aromatic nitrogens is 2. The van der Waals surface area contributed by atoms with E-state index >= 15 is 0 Å². The molecule has 1 saturated heterocycles. The third kappa shape index (κ3) is 1.32. The Kier molecular flexibility index (Phi) is 2.07. The van der Waals surface area contributed by atoms with E-state index in [9.17, 15) is 0 Å². The van der Waals surface area contributed by atoms with Crippen molar-refractivity contribution in [3.8, 4) is 0 Å². The molecule has 4 heteroatoms. The zero-order valence-electron chi connectivity index (χ0n) is 9.21. The molecule has 2 aliphatic heterocycles. The fraction of sp³-hybridized carbons (Fsp3) is 0.727. The molecule has 1 unspecified atom stereocenters. The quantitative estimate of drug-likeness (QED) is 0.702. The van der Waals surface area contributed by atoms with Crippen molar-refractivity contribution in [3.63, 3.8) is 0 Å². The van der Waals surface area contributed by atoms with Crippen LogP contribution in [0.3, 0.4) is 0 Å². The Hall–Kier alpha value is -0.870. The first-order valence-electron chi connectivity index (χ1n) is 5.84. The summed E-state index contributed by atoms with van der Waals surface area (Å²) in [5.41, 5.74) is 2.75. The van der Waals surface area contributed by atoms with E-state index in [4.69, 9.17) is 0 Å². The Bertz CT molecular complexity index is 359. The van der Waals surface area contributed by atoms with E-state index in [1.54, 1.807) is 0 Å². The van der Waals surface area contributed by atoms with Gasteiger partial charge in [-0.25, -0.2) is 4.98 Å². The highest BCUT2D eigenvalue weighted by Crippen LogP contribution is 2.34. The molecule has 0 bridgehead atoms. The summed E-state index contributed by atoms with van der Waals surface area (Å²) in [6.45, 7) is 6.75. The third-order valence-electron chi connectivity index (χ3n) is 3.81. The Morgan fingerprint density at radius 2 is 2.53 bits per heavy atom. The molecule has 1 atom stereocenters. The molecule has 4 nitrogen and oxygen atoms in total. The maximum atomic E-state index is 4.52. The number of likely N-dealkylation sites (tertiary alicyclic amines) is 1. The molecule has 0 aliphatic carbocycles. The largest absolute Gasteiger partial charge is 0.348 e. The van der Waals surface area contributed by atoms with E-state index in [-0.39, 0.29) is 5.54 Å². The van der Waals surface area contributed by atoms with Crippen LogP contribution in [0.1, 0.15) is 24.7 Å². The number of hydrogen-bond donors (Lipinski definition) is 2. The summed E-state index contributed by atoms with van der Waals surface area (Å²) in [7, 11) is 0. The standard InChI is InChI=1S/C11H18N4/c1-2-15-6-4-11(7-15)10-9(3-5-14-11)12-8-13-10/h8,14H,2-7H2,1H3,(H,12,13). The van der Waals surface area contributed by atoms with Crippen LogP contribution in [-0.2, 0) is 12.0 Å². The second-order valence-electron chi connectivity index (χ2n) is 4.61. The normalized spacial score (nSPS) is 31.0. The second kappa shape index (κ2) is 3.32. The molecule has 3 rings (SSSR count). The Morgan fingerprint density at radius 3 is 3.33 bits per heavy atom. The first kappa shape index (κ1) is 9.36. The molecule has 15 heavy (non-hydrogen) atoms. The van der Waals surface area contributed by atoms with Gasteiger partial charge in [-0.15, -0.1) is 0 Å². The minimum absolute atomic E-state index is 0.142. The highest BCUT2D eigenvalue weighted by molar-refractivity contribution is 5.27. The Balaban J connectivity index is 1.95. The zero-order chi connectivity index (χ0) is 10.3. The Morgan fingerprint density at radius 1 is 1.60 bits per heavy atom. The fourth-order valence-electron chi connectivity index (χ4n) is 2.93. The molecular weight excluding hydrogens is 188 g/mol. The SMILES string of the molecule is CCN1CCC2(C1)NCCc1[nH]cnc12. The molecule has 1 spiro atoms. The van der Waals surface area contributed by atoms with E-state index in [1.165, 1.54) is 24.4 Å². The molecule has 3 heterocycles. The highest BCUT2D eigenvalue weighted by atomic mass is 15.2. The predicted octanol–water partition coefficient (Wildman–Crippen LogP) is 0.476. The number of likely N-dealkylation sites (N-methyl/N-ethyl adjacent to an activating group) is 1. The van der Waals surface area contributed by atoms with Crippen molar-refractivity contribution in [2.24, 2.45) is 0 Å². The van der Waals surface area contributed by atoms with Crippen LogP contribution >= 0.6 is 0 Å². The monoisotopic (exact) mass is 206 g/mol. The number of aromatic amines is 1. The lowest BCUT2D eigenvalue weighted by Crippen LogP contribution is -2.49.